The van der Waals surface area contributed by atoms with E-state index in [9.17, 15) is 4.79 Å². The first kappa shape index (κ1) is 14.1. The molecule has 0 aliphatic heterocycles. The van der Waals surface area contributed by atoms with Crippen LogP contribution in [0.5, 0.6) is 0 Å². The van der Waals surface area contributed by atoms with E-state index in [1.807, 2.05) is 56.3 Å². The number of hydrogen-bond acceptors (Lipinski definition) is 3. The minimum Gasteiger partial charge on any atom is -0.379 e. The molecule has 104 valence electrons. The molecule has 0 saturated heterocycles. The molecule has 1 aromatic carbocycles. The van der Waals surface area contributed by atoms with Crippen LogP contribution in [0.2, 0.25) is 0 Å². The maximum Gasteiger partial charge on any atom is 0.226 e. The van der Waals surface area contributed by atoms with Gasteiger partial charge in [0.15, 0.2) is 0 Å². The van der Waals surface area contributed by atoms with Gasteiger partial charge in [-0.2, -0.15) is 0 Å². The van der Waals surface area contributed by atoms with Crippen LogP contribution in [0.15, 0.2) is 48.7 Å². The van der Waals surface area contributed by atoms with Crippen LogP contribution < -0.4 is 10.6 Å². The number of aromatic nitrogens is 1. The second-order valence-corrected chi connectivity index (χ2v) is 4.90. The number of benzene rings is 1. The number of nitrogens with zero attached hydrogens (tertiary/aromatic N) is 1. The fraction of sp³-hybridized carbons (Fsp3) is 0.250. The molecule has 1 aromatic heterocycles. The van der Waals surface area contributed by atoms with Crippen molar-refractivity contribution in [3.63, 3.8) is 0 Å². The van der Waals surface area contributed by atoms with E-state index in [4.69, 9.17) is 0 Å². The van der Waals surface area contributed by atoms with E-state index in [-0.39, 0.29) is 11.8 Å². The van der Waals surface area contributed by atoms with Crippen LogP contribution in [-0.2, 0) is 11.3 Å². The Kier molecular flexibility index (Phi) is 4.71. The van der Waals surface area contributed by atoms with Gasteiger partial charge in [0.05, 0.1) is 12.2 Å². The van der Waals surface area contributed by atoms with Gasteiger partial charge in [-0.05, 0) is 30.3 Å². The van der Waals surface area contributed by atoms with Crippen molar-refractivity contribution < 1.29 is 4.79 Å². The fourth-order valence-electron chi connectivity index (χ4n) is 1.69. The molecule has 0 aliphatic rings. The molecular weight excluding hydrogens is 250 g/mol. The van der Waals surface area contributed by atoms with Crippen molar-refractivity contribution in [1.82, 2.24) is 4.98 Å². The van der Waals surface area contributed by atoms with E-state index in [0.29, 0.717) is 6.54 Å². The summed E-state index contributed by atoms with van der Waals surface area (Å²) in [6.45, 7) is 4.40. The Morgan fingerprint density at radius 1 is 1.15 bits per heavy atom. The summed E-state index contributed by atoms with van der Waals surface area (Å²) in [5.74, 6) is -0.00740. The topological polar surface area (TPSA) is 54.0 Å². The lowest BCUT2D eigenvalue weighted by Gasteiger charge is -2.10. The minimum atomic E-state index is -0.0277. The van der Waals surface area contributed by atoms with E-state index >= 15 is 0 Å². The highest BCUT2D eigenvalue weighted by atomic mass is 16.1. The Morgan fingerprint density at radius 2 is 1.95 bits per heavy atom. The second-order valence-electron chi connectivity index (χ2n) is 4.90. The highest BCUT2D eigenvalue weighted by Gasteiger charge is 2.07. The number of pyridine rings is 1. The molecule has 4 nitrogen and oxygen atoms in total. The number of nitrogens with one attached hydrogen (secondary N) is 2. The van der Waals surface area contributed by atoms with E-state index < -0.39 is 0 Å². The predicted octanol–water partition coefficient (Wildman–Crippen LogP) is 3.29. The van der Waals surface area contributed by atoms with Crippen molar-refractivity contribution in [3.05, 3.63) is 54.4 Å². The number of amides is 1. The van der Waals surface area contributed by atoms with Gasteiger partial charge in [0.1, 0.15) is 0 Å². The zero-order valence-electron chi connectivity index (χ0n) is 11.8. The maximum atomic E-state index is 11.7. The number of hydrogen-bond donors (Lipinski definition) is 2. The summed E-state index contributed by atoms with van der Waals surface area (Å²) in [5, 5.41) is 6.18. The first-order valence-electron chi connectivity index (χ1n) is 6.70. The summed E-state index contributed by atoms with van der Waals surface area (Å²) in [4.78, 5) is 15.9. The molecule has 2 aromatic rings. The molecule has 0 bridgehead atoms. The third-order valence-electron chi connectivity index (χ3n) is 2.85. The molecule has 0 saturated carbocycles. The van der Waals surface area contributed by atoms with Gasteiger partial charge >= 0.3 is 0 Å². The standard InChI is InChI=1S/C16H19N3O/c1-12(2)16(20)19-14-8-5-7-13(10-14)18-11-15-6-3-4-9-17-15/h3-10,12,18H,11H2,1-2H3,(H,19,20). The lowest BCUT2D eigenvalue weighted by atomic mass is 10.2. The summed E-state index contributed by atoms with van der Waals surface area (Å²) in [5.41, 5.74) is 2.73. The molecule has 4 heteroatoms. The smallest absolute Gasteiger partial charge is 0.226 e. The van der Waals surface area contributed by atoms with Gasteiger partial charge in [0.2, 0.25) is 5.91 Å². The molecule has 0 spiro atoms. The quantitative estimate of drug-likeness (QED) is 0.875. The number of rotatable bonds is 5. The Labute approximate surface area is 119 Å². The Balaban J connectivity index is 1.97. The van der Waals surface area contributed by atoms with Crippen LogP contribution >= 0.6 is 0 Å². The van der Waals surface area contributed by atoms with E-state index in [0.717, 1.165) is 17.1 Å². The Bertz CT molecular complexity index is 567. The molecule has 2 rings (SSSR count). The van der Waals surface area contributed by atoms with Crippen molar-refractivity contribution in [2.45, 2.75) is 20.4 Å². The van der Waals surface area contributed by atoms with E-state index in [1.165, 1.54) is 0 Å². The van der Waals surface area contributed by atoms with Crippen LogP contribution in [0.4, 0.5) is 11.4 Å². The summed E-state index contributed by atoms with van der Waals surface area (Å²) in [7, 11) is 0. The van der Waals surface area contributed by atoms with Crippen molar-refractivity contribution >= 4 is 17.3 Å². The first-order valence-corrected chi connectivity index (χ1v) is 6.70. The van der Waals surface area contributed by atoms with E-state index in [2.05, 4.69) is 15.6 Å². The average Bonchev–Trinajstić information content (AvgIpc) is 2.46. The van der Waals surface area contributed by atoms with Crippen molar-refractivity contribution in [2.24, 2.45) is 5.92 Å². The molecule has 2 N–H and O–H groups in total. The van der Waals surface area contributed by atoms with Crippen LogP contribution in [0.1, 0.15) is 19.5 Å². The number of carbonyl (C=O) groups is 1. The summed E-state index contributed by atoms with van der Waals surface area (Å²) < 4.78 is 0. The normalized spacial score (nSPS) is 10.3. The van der Waals surface area contributed by atoms with Crippen LogP contribution in [0.3, 0.4) is 0 Å². The molecule has 0 aliphatic carbocycles. The highest BCUT2D eigenvalue weighted by Crippen LogP contribution is 2.16. The number of anilines is 2. The summed E-state index contributed by atoms with van der Waals surface area (Å²) >= 11 is 0. The average molecular weight is 269 g/mol. The van der Waals surface area contributed by atoms with Gasteiger partial charge in [-0.25, -0.2) is 0 Å². The van der Waals surface area contributed by atoms with Crippen molar-refractivity contribution in [1.29, 1.82) is 0 Å². The molecule has 1 amide bonds. The number of carbonyl (C=O) groups excluding carboxylic acids is 1. The molecule has 1 heterocycles. The largest absolute Gasteiger partial charge is 0.379 e. The SMILES string of the molecule is CC(C)C(=O)Nc1cccc(NCc2ccccn2)c1. The summed E-state index contributed by atoms with van der Waals surface area (Å²) in [6.07, 6.45) is 1.77. The zero-order valence-corrected chi connectivity index (χ0v) is 11.8. The zero-order chi connectivity index (χ0) is 14.4. The van der Waals surface area contributed by atoms with E-state index in [1.54, 1.807) is 6.20 Å². The highest BCUT2D eigenvalue weighted by molar-refractivity contribution is 5.92. The van der Waals surface area contributed by atoms with Crippen LogP contribution in [-0.4, -0.2) is 10.9 Å². The molecule has 0 radical (unpaired) electrons. The molecule has 0 unspecified atom stereocenters. The Morgan fingerprint density at radius 3 is 2.65 bits per heavy atom. The molecule has 0 fully saturated rings. The predicted molar refractivity (Wildman–Crippen MR) is 81.5 cm³/mol. The second kappa shape index (κ2) is 6.70. The van der Waals surface area contributed by atoms with Gasteiger partial charge in [0, 0.05) is 23.5 Å². The van der Waals surface area contributed by atoms with Crippen molar-refractivity contribution in [3.8, 4) is 0 Å². The molecule has 0 atom stereocenters. The van der Waals surface area contributed by atoms with Gasteiger partial charge < -0.3 is 10.6 Å². The minimum absolute atomic E-state index is 0.0203. The van der Waals surface area contributed by atoms with Crippen molar-refractivity contribution in [2.75, 3.05) is 10.6 Å². The fourth-order valence-corrected chi connectivity index (χ4v) is 1.69. The third-order valence-corrected chi connectivity index (χ3v) is 2.85. The first-order chi connectivity index (χ1) is 9.65. The Hall–Kier alpha value is -2.36. The lowest BCUT2D eigenvalue weighted by Crippen LogP contribution is -2.17. The van der Waals surface area contributed by atoms with Crippen LogP contribution in [0.25, 0.3) is 0 Å². The van der Waals surface area contributed by atoms with Gasteiger partial charge in [0.25, 0.3) is 0 Å². The third kappa shape index (κ3) is 4.09. The van der Waals surface area contributed by atoms with Crippen LogP contribution in [0, 0.1) is 5.92 Å². The lowest BCUT2D eigenvalue weighted by molar-refractivity contribution is -0.118. The summed E-state index contributed by atoms with van der Waals surface area (Å²) in [6, 6.07) is 13.5. The molecule has 20 heavy (non-hydrogen) atoms. The van der Waals surface area contributed by atoms with Gasteiger partial charge in [-0.15, -0.1) is 0 Å². The van der Waals surface area contributed by atoms with Gasteiger partial charge in [-0.3, -0.25) is 9.78 Å². The maximum absolute atomic E-state index is 11.7. The molecular formula is C16H19N3O. The van der Waals surface area contributed by atoms with Gasteiger partial charge in [-0.1, -0.05) is 26.0 Å². The monoisotopic (exact) mass is 269 g/mol.